The van der Waals surface area contributed by atoms with Crippen LogP contribution in [-0.2, 0) is 43.0 Å². The third kappa shape index (κ3) is 44.3. The molecular formula is C120H126N6O16. The van der Waals surface area contributed by atoms with Gasteiger partial charge in [0.05, 0.1) is 46.8 Å². The van der Waals surface area contributed by atoms with E-state index in [0.717, 1.165) is 93.2 Å². The van der Waals surface area contributed by atoms with Crippen molar-refractivity contribution in [1.29, 1.82) is 31.6 Å². The Morgan fingerprint density at radius 3 is 0.690 bits per heavy atom. The number of methoxy groups -OCH3 is 4. The van der Waals surface area contributed by atoms with Crippen molar-refractivity contribution in [2.75, 3.05) is 28.4 Å². The second-order valence-corrected chi connectivity index (χ2v) is 31.8. The molecule has 0 aliphatic rings. The highest BCUT2D eigenvalue weighted by atomic mass is 16.6. The fraction of sp³-hybridized carbons (Fsp3) is 0.250. The van der Waals surface area contributed by atoms with E-state index in [4.69, 9.17) is 68.4 Å². The molecule has 0 N–H and O–H groups in total. The highest BCUT2D eigenvalue weighted by Gasteiger charge is 2.19. The van der Waals surface area contributed by atoms with E-state index in [1.165, 1.54) is 53.1 Å². The van der Waals surface area contributed by atoms with Crippen molar-refractivity contribution in [2.45, 2.75) is 172 Å². The van der Waals surface area contributed by atoms with Gasteiger partial charge >= 0.3 is 35.8 Å². The Balaban J connectivity index is 0.000000357. The number of rotatable bonds is 37. The quantitative estimate of drug-likeness (QED) is 0.00871. The summed E-state index contributed by atoms with van der Waals surface area (Å²) in [5, 5.41) is 54.6. The number of ether oxygens (including phenoxy) is 10. The zero-order chi connectivity index (χ0) is 105. The number of nitrogens with zero attached hydrogens (tertiary/aromatic N) is 6. The van der Waals surface area contributed by atoms with Gasteiger partial charge in [0.1, 0.15) is 110 Å². The van der Waals surface area contributed by atoms with Gasteiger partial charge in [-0.05, 0) is 273 Å². The maximum absolute atomic E-state index is 12.3. The van der Waals surface area contributed by atoms with Crippen LogP contribution in [0.25, 0.3) is 36.5 Å². The van der Waals surface area contributed by atoms with Gasteiger partial charge in [-0.2, -0.15) is 31.6 Å². The van der Waals surface area contributed by atoms with Crippen LogP contribution in [0.5, 0.6) is 40.2 Å². The summed E-state index contributed by atoms with van der Waals surface area (Å²) in [5.74, 6) is 1.92. The molecule has 9 aromatic carbocycles. The van der Waals surface area contributed by atoms with Crippen LogP contribution in [0.15, 0.2) is 325 Å². The molecule has 0 heterocycles. The summed E-state index contributed by atoms with van der Waals surface area (Å²) >= 11 is 0. The predicted octanol–water partition coefficient (Wildman–Crippen LogP) is 26.9. The first-order valence-corrected chi connectivity index (χ1v) is 46.5. The molecule has 0 saturated heterocycles. The molecule has 142 heavy (non-hydrogen) atoms. The summed E-state index contributed by atoms with van der Waals surface area (Å²) in [4.78, 5) is 71.7. The van der Waals surface area contributed by atoms with Crippen molar-refractivity contribution in [3.8, 4) is 76.7 Å². The highest BCUT2D eigenvalue weighted by Crippen LogP contribution is 2.28. The molecule has 6 unspecified atom stereocenters. The van der Waals surface area contributed by atoms with Gasteiger partial charge in [-0.1, -0.05) is 269 Å². The Kier molecular flexibility index (Phi) is 55.4. The molecule has 0 aliphatic carbocycles. The molecule has 0 spiro atoms. The molecule has 0 radical (unpaired) electrons. The third-order valence-electron chi connectivity index (χ3n) is 21.6. The van der Waals surface area contributed by atoms with Crippen LogP contribution < -0.4 is 33.2 Å². The zero-order valence-corrected chi connectivity index (χ0v) is 84.1. The fourth-order valence-electron chi connectivity index (χ4n) is 11.6. The van der Waals surface area contributed by atoms with Crippen molar-refractivity contribution in [3.63, 3.8) is 0 Å². The average molecular weight is 1910 g/mol. The van der Waals surface area contributed by atoms with Gasteiger partial charge in [-0.3, -0.25) is 0 Å². The van der Waals surface area contributed by atoms with Crippen LogP contribution in [-0.4, -0.2) is 82.6 Å². The highest BCUT2D eigenvalue weighted by molar-refractivity contribution is 5.97. The molecule has 732 valence electrons. The Morgan fingerprint density at radius 2 is 0.472 bits per heavy atom. The first-order chi connectivity index (χ1) is 68.5. The molecule has 0 bridgehead atoms. The summed E-state index contributed by atoms with van der Waals surface area (Å²) < 4.78 is 51.8. The second-order valence-electron chi connectivity index (χ2n) is 31.8. The molecule has 0 aromatic heterocycles. The molecule has 22 heteroatoms. The minimum Gasteiger partial charge on any atom is -0.497 e. The summed E-state index contributed by atoms with van der Waals surface area (Å²) in [7, 11) is 6.43. The number of carbonyl (C=O) groups is 6. The van der Waals surface area contributed by atoms with Crippen molar-refractivity contribution in [3.05, 3.63) is 386 Å². The van der Waals surface area contributed by atoms with Crippen LogP contribution >= 0.6 is 0 Å². The molecule has 0 saturated carbocycles. The molecule has 0 amide bonds. The van der Waals surface area contributed by atoms with Crippen LogP contribution in [0.1, 0.15) is 201 Å². The van der Waals surface area contributed by atoms with E-state index in [-0.39, 0.29) is 51.8 Å². The Hall–Kier alpha value is -17.2. The lowest BCUT2D eigenvalue weighted by Gasteiger charge is -2.09. The molecule has 9 rings (SSSR count). The van der Waals surface area contributed by atoms with Crippen LogP contribution in [0.4, 0.5) is 0 Å². The summed E-state index contributed by atoms with van der Waals surface area (Å²) in [6, 6.07) is 79.0. The van der Waals surface area contributed by atoms with E-state index in [9.17, 15) is 39.3 Å². The maximum atomic E-state index is 12.3. The number of nitriles is 6. The lowest BCUT2D eigenvalue weighted by atomic mass is 9.99. The second kappa shape index (κ2) is 67.1. The molecule has 0 fully saturated rings. The smallest absolute Gasteiger partial charge is 0.354 e. The van der Waals surface area contributed by atoms with Gasteiger partial charge in [-0.15, -0.1) is 0 Å². The van der Waals surface area contributed by atoms with Gasteiger partial charge in [0.15, 0.2) is 0 Å². The Bertz CT molecular complexity index is 6210. The number of hydrogen-bond donors (Lipinski definition) is 0. The van der Waals surface area contributed by atoms with Crippen molar-refractivity contribution in [2.24, 2.45) is 0 Å². The SMILES string of the molecule is CCC(C)OC(=O)/C(C#N)=C/C=C/c1cc(OC)ccc1C.CCC(C)OC(=O)/C(C#N)=C/C=C/c1ccc(OC)cc1.CCC(C)OC(=O)/C(C#N)=C/C=C/c1ccccc1.CCC(C)c1ccc(OC(=O)/C(C#N)=C/C=C/c2cc(OC)ccc2C)cc1.CCC(C)c1ccc(OC(=O)/C(C#N)=C/C=C/c2ccc(OC)cc2)cc1.CCC(C)c1ccc(OC(=O)/C(C#N)=C/C=C/c2ccccc2)cc1. The van der Waals surface area contributed by atoms with Crippen LogP contribution in [0.3, 0.4) is 0 Å². The Morgan fingerprint density at radius 1 is 0.261 bits per heavy atom. The van der Waals surface area contributed by atoms with Gasteiger partial charge in [0.2, 0.25) is 0 Å². The van der Waals surface area contributed by atoms with Crippen LogP contribution in [0, 0.1) is 81.8 Å². The normalized spacial score (nSPS) is 12.6. The van der Waals surface area contributed by atoms with Gasteiger partial charge in [0, 0.05) is 0 Å². The van der Waals surface area contributed by atoms with Crippen molar-refractivity contribution >= 4 is 72.3 Å². The van der Waals surface area contributed by atoms with E-state index in [0.29, 0.717) is 47.8 Å². The molecule has 0 aliphatic heterocycles. The van der Waals surface area contributed by atoms with E-state index in [1.807, 2.05) is 277 Å². The lowest BCUT2D eigenvalue weighted by molar-refractivity contribution is -0.144. The lowest BCUT2D eigenvalue weighted by Crippen LogP contribution is -2.15. The summed E-state index contributed by atoms with van der Waals surface area (Å²) in [6.45, 7) is 27.9. The predicted molar refractivity (Wildman–Crippen MR) is 561 cm³/mol. The number of aryl methyl sites for hydroxylation is 2. The van der Waals surface area contributed by atoms with Gasteiger partial charge in [0.25, 0.3) is 0 Å². The van der Waals surface area contributed by atoms with Crippen molar-refractivity contribution in [1.82, 2.24) is 0 Å². The zero-order valence-electron chi connectivity index (χ0n) is 84.1. The number of carbonyl (C=O) groups excluding carboxylic acids is 6. The topological polar surface area (TPSA) is 337 Å². The molecule has 22 nitrogen and oxygen atoms in total. The van der Waals surface area contributed by atoms with E-state index < -0.39 is 35.8 Å². The molecular weight excluding hydrogens is 1780 g/mol. The molecule has 9 aromatic rings. The number of hydrogen-bond acceptors (Lipinski definition) is 22. The standard InChI is InChI=1S/C24H25NO3.C23H23NO3.C22H21NO2.C18H21NO3.C17H19NO3.C16H17NO2/c1-5-17(2)19-10-13-22(14-11-19)28-24(26)21(16-25)8-6-7-20-15-23(27-4)12-9-18(20)3;1-4-17(2)19-10-14-22(15-11-19)27-23(25)20(16-24)7-5-6-18-8-12-21(26-3)13-9-18;1-3-17(2)19-12-14-21(15-13-19)25-22(24)20(16-23)11-7-10-18-8-5-4-6-9-18;1-5-14(3)22-18(20)16(12-19)8-6-7-15-11-17(21-4)10-9-13(15)2;1-4-13(2)21-17(19)15(12-18)7-5-6-14-8-10-16(20-3)11-9-14;1-3-13(2)19-16(18)15(12-17)11-7-10-14-8-5-4-6-9-14/h6-15,17H,5H2,1-4H3;5-15,17H,4H2,1-3H3;4-15,17H,3H2,1-2H3;6-11,14H,5H2,1-4H3;5-11,13H,4H2,1-3H3;4-11,13H,3H2,1-2H3/b7-6+,21-8+;6-5+,20-7+;10-7+,20-11+;7-6+,16-8+;6-5+,15-7+;10-7+,15-11+. The fourth-order valence-corrected chi connectivity index (χ4v) is 11.6. The maximum Gasteiger partial charge on any atom is 0.354 e. The van der Waals surface area contributed by atoms with Crippen LogP contribution in [0.2, 0.25) is 0 Å². The van der Waals surface area contributed by atoms with Crippen molar-refractivity contribution < 1.29 is 76.1 Å². The molecule has 6 atom stereocenters. The largest absolute Gasteiger partial charge is 0.497 e. The Labute approximate surface area is 837 Å². The number of allylic oxidation sites excluding steroid dienone is 12. The van der Waals surface area contributed by atoms with E-state index in [1.54, 1.807) is 134 Å². The average Bonchev–Trinajstić information content (AvgIpc) is 0.875. The summed E-state index contributed by atoms with van der Waals surface area (Å²) in [5.41, 5.74) is 11.3. The first kappa shape index (κ1) is 117. The minimum absolute atomic E-state index is 0.00693. The third-order valence-corrected chi connectivity index (χ3v) is 21.6. The van der Waals surface area contributed by atoms with Gasteiger partial charge in [-0.25, -0.2) is 28.8 Å². The monoisotopic (exact) mass is 1910 g/mol. The van der Waals surface area contributed by atoms with E-state index in [2.05, 4.69) is 41.5 Å². The summed E-state index contributed by atoms with van der Waals surface area (Å²) in [6.07, 6.45) is 34.3. The number of benzene rings is 9. The van der Waals surface area contributed by atoms with Gasteiger partial charge < -0.3 is 47.4 Å². The van der Waals surface area contributed by atoms with E-state index >= 15 is 0 Å². The first-order valence-electron chi connectivity index (χ1n) is 46.5. The minimum atomic E-state index is -0.675. The number of esters is 6.